The number of methoxy groups -OCH3 is 1. The van der Waals surface area contributed by atoms with Crippen molar-refractivity contribution < 1.29 is 24.8 Å². The summed E-state index contributed by atoms with van der Waals surface area (Å²) in [7, 11) is 1.48. The molecule has 1 saturated carbocycles. The molecule has 35 heavy (non-hydrogen) atoms. The van der Waals surface area contributed by atoms with Gasteiger partial charge in [0.05, 0.1) is 49.4 Å². The lowest BCUT2D eigenvalue weighted by atomic mass is 9.70. The molecule has 0 bridgehead atoms. The summed E-state index contributed by atoms with van der Waals surface area (Å²) < 4.78 is 12.3. The summed E-state index contributed by atoms with van der Waals surface area (Å²) >= 11 is 0. The fraction of sp³-hybridized carbons (Fsp3) is 0.333. The number of aliphatic hydroxyl groups is 3. The number of hydrogen-bond acceptors (Lipinski definition) is 8. The Morgan fingerprint density at radius 3 is 2.54 bits per heavy atom. The van der Waals surface area contributed by atoms with Gasteiger partial charge in [-0.15, -0.1) is 0 Å². The fourth-order valence-electron chi connectivity index (χ4n) is 5.90. The summed E-state index contributed by atoms with van der Waals surface area (Å²) in [5.41, 5.74) is -1.02. The van der Waals surface area contributed by atoms with Gasteiger partial charge in [0.15, 0.2) is 11.2 Å². The van der Waals surface area contributed by atoms with E-state index in [1.807, 2.05) is 30.3 Å². The van der Waals surface area contributed by atoms with Crippen molar-refractivity contribution in [2.75, 3.05) is 26.8 Å². The Bertz CT molecular complexity index is 1250. The van der Waals surface area contributed by atoms with Crippen LogP contribution in [0.3, 0.4) is 0 Å². The largest absolute Gasteiger partial charge is 0.495 e. The molecule has 0 amide bonds. The molecule has 2 heterocycles. The van der Waals surface area contributed by atoms with Crippen molar-refractivity contribution in [3.63, 3.8) is 0 Å². The Labute approximate surface area is 203 Å². The first-order valence-corrected chi connectivity index (χ1v) is 11.5. The Kier molecular flexibility index (Phi) is 5.95. The average Bonchev–Trinajstić information content (AvgIpc) is 3.28. The van der Waals surface area contributed by atoms with Crippen molar-refractivity contribution in [1.82, 2.24) is 10.3 Å². The van der Waals surface area contributed by atoms with E-state index in [1.165, 1.54) is 19.5 Å². The summed E-state index contributed by atoms with van der Waals surface area (Å²) in [6.45, 7) is 0.619. The second-order valence-corrected chi connectivity index (χ2v) is 8.93. The number of fused-ring (bicyclic) bond motifs is 3. The summed E-state index contributed by atoms with van der Waals surface area (Å²) in [5, 5.41) is 46.4. The highest BCUT2D eigenvalue weighted by Gasteiger charge is 2.76. The van der Waals surface area contributed by atoms with Gasteiger partial charge in [-0.25, -0.2) is 0 Å². The molecule has 2 aliphatic rings. The first-order valence-electron chi connectivity index (χ1n) is 11.5. The predicted molar refractivity (Wildman–Crippen MR) is 127 cm³/mol. The van der Waals surface area contributed by atoms with E-state index >= 15 is 0 Å². The minimum atomic E-state index is -1.89. The maximum Gasteiger partial charge on any atom is 0.177 e. The van der Waals surface area contributed by atoms with Gasteiger partial charge in [-0.3, -0.25) is 4.98 Å². The van der Waals surface area contributed by atoms with Crippen LogP contribution in [-0.2, 0) is 11.2 Å². The van der Waals surface area contributed by atoms with Crippen LogP contribution in [0.25, 0.3) is 0 Å². The molecule has 0 saturated heterocycles. The van der Waals surface area contributed by atoms with Crippen LogP contribution in [0.2, 0.25) is 0 Å². The SMILES string of the molecule is COc1cncc2c1[C@]1(O)[C@H](O)C(CNCCO)[C@@H](c3ccccc3)[C@]1(c1ccc(C#N)cc1)O2. The van der Waals surface area contributed by atoms with Gasteiger partial charge in [0.2, 0.25) is 0 Å². The molecule has 8 heteroatoms. The second-order valence-electron chi connectivity index (χ2n) is 8.93. The molecule has 3 aromatic rings. The second kappa shape index (κ2) is 8.95. The van der Waals surface area contributed by atoms with Gasteiger partial charge < -0.3 is 30.1 Å². The number of rotatable bonds is 7. The first-order chi connectivity index (χ1) is 17.0. The monoisotopic (exact) mass is 473 g/mol. The molecule has 1 unspecified atom stereocenters. The first kappa shape index (κ1) is 23.3. The third kappa shape index (κ3) is 3.24. The third-order valence-electron chi connectivity index (χ3n) is 7.28. The lowest BCUT2D eigenvalue weighted by molar-refractivity contribution is -0.152. The molecule has 1 fully saturated rings. The molecule has 5 atom stereocenters. The van der Waals surface area contributed by atoms with Crippen LogP contribution in [0.4, 0.5) is 0 Å². The molecule has 1 aliphatic heterocycles. The van der Waals surface area contributed by atoms with Gasteiger partial charge in [-0.05, 0) is 23.3 Å². The zero-order valence-electron chi connectivity index (χ0n) is 19.3. The van der Waals surface area contributed by atoms with Gasteiger partial charge >= 0.3 is 0 Å². The number of aliphatic hydroxyl groups excluding tert-OH is 2. The zero-order valence-corrected chi connectivity index (χ0v) is 19.3. The number of ether oxygens (including phenoxy) is 2. The molecule has 4 N–H and O–H groups in total. The van der Waals surface area contributed by atoms with Crippen molar-refractivity contribution in [2.24, 2.45) is 5.92 Å². The Morgan fingerprint density at radius 2 is 1.89 bits per heavy atom. The van der Waals surface area contributed by atoms with E-state index in [0.29, 0.717) is 41.3 Å². The van der Waals surface area contributed by atoms with Crippen molar-refractivity contribution in [3.8, 4) is 17.6 Å². The Morgan fingerprint density at radius 1 is 1.14 bits per heavy atom. The molecule has 0 spiro atoms. The quantitative estimate of drug-likeness (QED) is 0.383. The molecular formula is C27H27N3O5. The van der Waals surface area contributed by atoms with Gasteiger partial charge in [0.1, 0.15) is 11.5 Å². The molecular weight excluding hydrogens is 446 g/mol. The maximum atomic E-state index is 12.6. The van der Waals surface area contributed by atoms with E-state index in [4.69, 9.17) is 9.47 Å². The van der Waals surface area contributed by atoms with E-state index in [0.717, 1.165) is 5.56 Å². The minimum absolute atomic E-state index is 0.0529. The fourth-order valence-corrected chi connectivity index (χ4v) is 5.90. The van der Waals surface area contributed by atoms with Crippen molar-refractivity contribution in [3.05, 3.63) is 89.2 Å². The lowest BCUT2D eigenvalue weighted by Crippen LogP contribution is -2.52. The molecule has 5 rings (SSSR count). The molecule has 8 nitrogen and oxygen atoms in total. The molecule has 2 aromatic carbocycles. The van der Waals surface area contributed by atoms with Crippen LogP contribution in [0.1, 0.15) is 28.2 Å². The molecule has 0 radical (unpaired) electrons. The predicted octanol–water partition coefficient (Wildman–Crippen LogP) is 1.79. The smallest absolute Gasteiger partial charge is 0.177 e. The van der Waals surface area contributed by atoms with Crippen molar-refractivity contribution in [2.45, 2.75) is 23.2 Å². The van der Waals surface area contributed by atoms with Gasteiger partial charge in [-0.1, -0.05) is 42.5 Å². The summed E-state index contributed by atoms with van der Waals surface area (Å²) in [6, 6.07) is 18.7. The minimum Gasteiger partial charge on any atom is -0.495 e. The Hall–Kier alpha value is -3.48. The molecule has 1 aliphatic carbocycles. The van der Waals surface area contributed by atoms with Gasteiger partial charge in [-0.2, -0.15) is 5.26 Å². The average molecular weight is 474 g/mol. The standard InChI is InChI=1S/C27H27N3O5/c1-34-21-15-30-16-22-24(21)26(33)25(32)20(14-29-11-12-31)23(18-5-3-2-4-6-18)27(26,35-22)19-9-7-17(13-28)8-10-19/h2-10,15-16,20,23,25,29,31-33H,11-12,14H2,1H3/t20?,23-,25-,26+,27+/m1/s1. The van der Waals surface area contributed by atoms with E-state index in [1.54, 1.807) is 24.3 Å². The highest BCUT2D eigenvalue weighted by Crippen LogP contribution is 2.69. The summed E-state index contributed by atoms with van der Waals surface area (Å²) in [5.74, 6) is -0.344. The van der Waals surface area contributed by atoms with Crippen LogP contribution in [-0.4, -0.2) is 53.2 Å². The molecule has 180 valence electrons. The van der Waals surface area contributed by atoms with E-state index in [2.05, 4.69) is 16.4 Å². The Balaban J connectivity index is 1.80. The summed E-state index contributed by atoms with van der Waals surface area (Å²) in [6.07, 6.45) is 1.76. The number of aromatic nitrogens is 1. The van der Waals surface area contributed by atoms with E-state index < -0.39 is 29.1 Å². The van der Waals surface area contributed by atoms with Crippen LogP contribution in [0.5, 0.6) is 11.5 Å². The van der Waals surface area contributed by atoms with Gasteiger partial charge in [0, 0.05) is 24.9 Å². The number of nitrogens with zero attached hydrogens (tertiary/aromatic N) is 2. The lowest BCUT2D eigenvalue weighted by Gasteiger charge is -2.41. The summed E-state index contributed by atoms with van der Waals surface area (Å²) in [4.78, 5) is 4.21. The molecule has 1 aromatic heterocycles. The van der Waals surface area contributed by atoms with Crippen LogP contribution < -0.4 is 14.8 Å². The van der Waals surface area contributed by atoms with Gasteiger partial charge in [0.25, 0.3) is 0 Å². The zero-order chi connectivity index (χ0) is 24.6. The van der Waals surface area contributed by atoms with Crippen LogP contribution in [0.15, 0.2) is 67.0 Å². The number of nitriles is 1. The number of pyridine rings is 1. The number of nitrogens with one attached hydrogen (secondary N) is 1. The number of benzene rings is 2. The van der Waals surface area contributed by atoms with E-state index in [-0.39, 0.29) is 6.61 Å². The third-order valence-corrected chi connectivity index (χ3v) is 7.28. The maximum absolute atomic E-state index is 12.6. The van der Waals surface area contributed by atoms with Crippen LogP contribution in [0, 0.1) is 17.2 Å². The highest BCUT2D eigenvalue weighted by molar-refractivity contribution is 5.59. The highest BCUT2D eigenvalue weighted by atomic mass is 16.5. The van der Waals surface area contributed by atoms with E-state index in [9.17, 15) is 20.6 Å². The van der Waals surface area contributed by atoms with Crippen LogP contribution >= 0.6 is 0 Å². The normalized spacial score (nSPS) is 28.6. The topological polar surface area (TPSA) is 128 Å². The van der Waals surface area contributed by atoms with Crippen molar-refractivity contribution >= 4 is 0 Å². The number of hydrogen-bond donors (Lipinski definition) is 4. The van der Waals surface area contributed by atoms with Crippen molar-refractivity contribution in [1.29, 1.82) is 5.26 Å².